The van der Waals surface area contributed by atoms with E-state index >= 15 is 0 Å². The summed E-state index contributed by atoms with van der Waals surface area (Å²) in [7, 11) is 1.93. The largest absolute Gasteiger partial charge is 0.398 e. The van der Waals surface area contributed by atoms with Gasteiger partial charge in [0, 0.05) is 7.05 Å². The van der Waals surface area contributed by atoms with Gasteiger partial charge in [0.2, 0.25) is 0 Å². The second-order valence-corrected chi connectivity index (χ2v) is 4.04. The van der Waals surface area contributed by atoms with Crippen LogP contribution in [0.2, 0.25) is 0 Å². The lowest BCUT2D eigenvalue weighted by molar-refractivity contribution is -0.108. The molecule has 1 aromatic rings. The van der Waals surface area contributed by atoms with Crippen LogP contribution in [0.1, 0.15) is 13.3 Å². The summed E-state index contributed by atoms with van der Waals surface area (Å²) in [6.45, 7) is 2.04. The van der Waals surface area contributed by atoms with E-state index in [1.165, 1.54) is 0 Å². The Labute approximate surface area is 101 Å². The van der Waals surface area contributed by atoms with Gasteiger partial charge < -0.3 is 10.5 Å². The average Bonchev–Trinajstić information content (AvgIpc) is 2.61. The van der Waals surface area contributed by atoms with Gasteiger partial charge >= 0.3 is 0 Å². The van der Waals surface area contributed by atoms with Gasteiger partial charge in [-0.1, -0.05) is 25.1 Å². The molecule has 90 valence electrons. The highest BCUT2D eigenvalue weighted by molar-refractivity contribution is 5.72. The van der Waals surface area contributed by atoms with Crippen molar-refractivity contribution in [1.82, 2.24) is 5.01 Å². The van der Waals surface area contributed by atoms with E-state index in [4.69, 9.17) is 5.73 Å². The Morgan fingerprint density at radius 1 is 1.35 bits per heavy atom. The quantitative estimate of drug-likeness (QED) is 0.801. The van der Waals surface area contributed by atoms with Gasteiger partial charge in [-0.2, -0.15) is 0 Å². The first-order valence-corrected chi connectivity index (χ1v) is 5.72. The average molecular weight is 231 g/mol. The van der Waals surface area contributed by atoms with Crippen LogP contribution in [0.3, 0.4) is 0 Å². The Morgan fingerprint density at radius 3 is 2.53 bits per heavy atom. The maximum atomic E-state index is 11.2. The van der Waals surface area contributed by atoms with E-state index in [1.807, 2.05) is 54.3 Å². The zero-order chi connectivity index (χ0) is 12.4. The van der Waals surface area contributed by atoms with Gasteiger partial charge in [0.05, 0.1) is 17.1 Å². The van der Waals surface area contributed by atoms with E-state index in [0.29, 0.717) is 5.70 Å². The molecule has 4 nitrogen and oxygen atoms in total. The first kappa shape index (κ1) is 11.5. The molecule has 1 unspecified atom stereocenters. The van der Waals surface area contributed by atoms with E-state index in [9.17, 15) is 4.79 Å². The number of benzene rings is 1. The summed E-state index contributed by atoms with van der Waals surface area (Å²) < 4.78 is 0. The maximum absolute atomic E-state index is 11.2. The normalized spacial score (nSPS) is 20.0. The Bertz CT molecular complexity index is 441. The molecule has 0 saturated heterocycles. The summed E-state index contributed by atoms with van der Waals surface area (Å²) in [6, 6.07) is 9.40. The topological polar surface area (TPSA) is 49.6 Å². The molecule has 4 heteroatoms. The van der Waals surface area contributed by atoms with Crippen LogP contribution < -0.4 is 10.7 Å². The zero-order valence-corrected chi connectivity index (χ0v) is 10.1. The molecule has 17 heavy (non-hydrogen) atoms. The van der Waals surface area contributed by atoms with E-state index in [0.717, 1.165) is 24.1 Å². The fourth-order valence-corrected chi connectivity index (χ4v) is 2.28. The molecule has 1 aliphatic heterocycles. The van der Waals surface area contributed by atoms with E-state index < -0.39 is 6.04 Å². The van der Waals surface area contributed by atoms with Crippen molar-refractivity contribution >= 4 is 12.0 Å². The second kappa shape index (κ2) is 4.49. The summed E-state index contributed by atoms with van der Waals surface area (Å²) in [5.41, 5.74) is 8.65. The minimum atomic E-state index is -0.391. The molecular formula is C13H17N3O. The number of nitrogens with zero attached hydrogens (tertiary/aromatic N) is 2. The fraction of sp³-hybridized carbons (Fsp3) is 0.308. The van der Waals surface area contributed by atoms with Crippen molar-refractivity contribution in [2.75, 3.05) is 12.1 Å². The van der Waals surface area contributed by atoms with Crippen LogP contribution in [0.5, 0.6) is 0 Å². The highest BCUT2D eigenvalue weighted by Gasteiger charge is 2.34. The van der Waals surface area contributed by atoms with Crippen LogP contribution in [0.25, 0.3) is 0 Å². The van der Waals surface area contributed by atoms with Crippen molar-refractivity contribution in [1.29, 1.82) is 0 Å². The summed E-state index contributed by atoms with van der Waals surface area (Å²) >= 11 is 0. The number of hydrazine groups is 1. The number of aldehydes is 1. The summed E-state index contributed by atoms with van der Waals surface area (Å²) in [5.74, 6) is 0. The van der Waals surface area contributed by atoms with Gasteiger partial charge in [-0.25, -0.2) is 0 Å². The number of hydrogen-bond donors (Lipinski definition) is 1. The van der Waals surface area contributed by atoms with Gasteiger partial charge in [0.15, 0.2) is 6.29 Å². The number of carbonyl (C=O) groups excluding carboxylic acids is 1. The van der Waals surface area contributed by atoms with Crippen molar-refractivity contribution in [2.24, 2.45) is 5.73 Å². The molecule has 0 amide bonds. The van der Waals surface area contributed by atoms with Gasteiger partial charge in [-0.05, 0) is 18.6 Å². The molecule has 0 radical (unpaired) electrons. The van der Waals surface area contributed by atoms with E-state index in [2.05, 4.69) is 0 Å². The Hall–Kier alpha value is -1.97. The van der Waals surface area contributed by atoms with Gasteiger partial charge in [-0.15, -0.1) is 0 Å². The Morgan fingerprint density at radius 2 is 2.00 bits per heavy atom. The van der Waals surface area contributed by atoms with Crippen LogP contribution in [0, 0.1) is 0 Å². The molecule has 1 atom stereocenters. The lowest BCUT2D eigenvalue weighted by Gasteiger charge is -2.32. The summed E-state index contributed by atoms with van der Waals surface area (Å²) in [5, 5.41) is 3.88. The van der Waals surface area contributed by atoms with Crippen molar-refractivity contribution in [3.8, 4) is 0 Å². The summed E-state index contributed by atoms with van der Waals surface area (Å²) in [6.07, 6.45) is 1.71. The second-order valence-electron chi connectivity index (χ2n) is 4.04. The number of hydrogen-bond acceptors (Lipinski definition) is 4. The fourth-order valence-electron chi connectivity index (χ4n) is 2.28. The molecule has 0 fully saturated rings. The number of rotatable bonds is 3. The molecule has 0 saturated carbocycles. The van der Waals surface area contributed by atoms with Crippen molar-refractivity contribution in [3.63, 3.8) is 0 Å². The van der Waals surface area contributed by atoms with E-state index in [1.54, 1.807) is 0 Å². The third kappa shape index (κ3) is 1.75. The predicted molar refractivity (Wildman–Crippen MR) is 68.0 cm³/mol. The summed E-state index contributed by atoms with van der Waals surface area (Å²) in [4.78, 5) is 11.2. The predicted octanol–water partition coefficient (Wildman–Crippen LogP) is 1.50. The lowest BCUT2D eigenvalue weighted by Crippen LogP contribution is -2.42. The molecule has 0 spiro atoms. The van der Waals surface area contributed by atoms with Gasteiger partial charge in [0.1, 0.15) is 6.04 Å². The lowest BCUT2D eigenvalue weighted by atomic mass is 10.2. The maximum Gasteiger partial charge on any atom is 0.150 e. The van der Waals surface area contributed by atoms with Gasteiger partial charge in [0.25, 0.3) is 0 Å². The minimum Gasteiger partial charge on any atom is -0.398 e. The molecular weight excluding hydrogens is 214 g/mol. The third-order valence-corrected chi connectivity index (χ3v) is 3.11. The zero-order valence-electron chi connectivity index (χ0n) is 10.1. The molecule has 0 aliphatic carbocycles. The number of para-hydroxylation sites is 1. The number of carbonyl (C=O) groups is 1. The molecule has 2 N–H and O–H groups in total. The molecule has 0 bridgehead atoms. The van der Waals surface area contributed by atoms with Gasteiger partial charge in [-0.3, -0.25) is 10.0 Å². The minimum absolute atomic E-state index is 0.391. The standard InChI is InChI=1S/C13H17N3O/c1-3-11-13(14)12(9-17)16(15(11)2)10-7-5-4-6-8-10/h4-9,12H,3,14H2,1-2H3. The number of anilines is 1. The first-order chi connectivity index (χ1) is 8.20. The molecule has 1 heterocycles. The van der Waals surface area contributed by atoms with E-state index in [-0.39, 0.29) is 0 Å². The van der Waals surface area contributed by atoms with Crippen LogP contribution in [0.4, 0.5) is 5.69 Å². The Kier molecular flexibility index (Phi) is 3.04. The number of nitrogens with two attached hydrogens (primary N) is 1. The highest BCUT2D eigenvalue weighted by atomic mass is 16.1. The molecule has 2 rings (SSSR count). The molecule has 1 aliphatic rings. The van der Waals surface area contributed by atoms with Crippen molar-refractivity contribution in [2.45, 2.75) is 19.4 Å². The third-order valence-electron chi connectivity index (χ3n) is 3.11. The Balaban J connectivity index is 2.41. The van der Waals surface area contributed by atoms with Crippen LogP contribution in [0.15, 0.2) is 41.7 Å². The SMILES string of the molecule is CCC1=C(N)C(C=O)N(c2ccccc2)N1C. The van der Waals surface area contributed by atoms with Crippen molar-refractivity contribution in [3.05, 3.63) is 41.7 Å². The van der Waals surface area contributed by atoms with Crippen LogP contribution >= 0.6 is 0 Å². The van der Waals surface area contributed by atoms with Crippen LogP contribution in [-0.4, -0.2) is 24.4 Å². The highest BCUT2D eigenvalue weighted by Crippen LogP contribution is 2.30. The first-order valence-electron chi connectivity index (χ1n) is 5.72. The number of allylic oxidation sites excluding steroid dienone is 1. The molecule has 1 aromatic carbocycles. The monoisotopic (exact) mass is 231 g/mol. The smallest absolute Gasteiger partial charge is 0.150 e. The molecule has 0 aromatic heterocycles. The van der Waals surface area contributed by atoms with Crippen LogP contribution in [-0.2, 0) is 4.79 Å². The van der Waals surface area contributed by atoms with Crippen molar-refractivity contribution < 1.29 is 4.79 Å².